The van der Waals surface area contributed by atoms with Crippen molar-refractivity contribution in [2.45, 2.75) is 46.1 Å². The Labute approximate surface area is 179 Å². The van der Waals surface area contributed by atoms with Gasteiger partial charge in [-0.25, -0.2) is 0 Å². The second-order valence-electron chi connectivity index (χ2n) is 7.62. The van der Waals surface area contributed by atoms with Crippen molar-refractivity contribution in [2.75, 3.05) is 18.5 Å². The van der Waals surface area contributed by atoms with Crippen LogP contribution < -0.4 is 15.4 Å². The van der Waals surface area contributed by atoms with Crippen molar-refractivity contribution in [1.29, 1.82) is 0 Å². The van der Waals surface area contributed by atoms with Gasteiger partial charge < -0.3 is 20.1 Å². The largest absolute Gasteiger partial charge is 0.457 e. The van der Waals surface area contributed by atoms with Crippen LogP contribution in [0.25, 0.3) is 0 Å². The summed E-state index contributed by atoms with van der Waals surface area (Å²) >= 11 is 0. The highest BCUT2D eigenvalue weighted by Crippen LogP contribution is 2.22. The van der Waals surface area contributed by atoms with E-state index in [2.05, 4.69) is 10.6 Å². The van der Waals surface area contributed by atoms with Crippen molar-refractivity contribution in [3.63, 3.8) is 0 Å². The molecule has 0 aliphatic heterocycles. The van der Waals surface area contributed by atoms with Gasteiger partial charge in [-0.3, -0.25) is 9.59 Å². The van der Waals surface area contributed by atoms with Gasteiger partial charge in [0.1, 0.15) is 11.5 Å². The van der Waals surface area contributed by atoms with Crippen LogP contribution in [0.4, 0.5) is 5.69 Å². The topological polar surface area (TPSA) is 76.7 Å². The first kappa shape index (κ1) is 23.4. The smallest absolute Gasteiger partial charge is 0.224 e. The predicted octanol–water partition coefficient (Wildman–Crippen LogP) is 4.77. The van der Waals surface area contributed by atoms with E-state index in [1.54, 1.807) is 12.1 Å². The molecule has 0 saturated carbocycles. The number of hydrogen-bond acceptors (Lipinski definition) is 4. The highest BCUT2D eigenvalue weighted by molar-refractivity contribution is 5.91. The van der Waals surface area contributed by atoms with Crippen LogP contribution in [0.2, 0.25) is 0 Å². The number of nitrogens with one attached hydrogen (secondary N) is 2. The number of benzene rings is 2. The fourth-order valence-electron chi connectivity index (χ4n) is 2.84. The van der Waals surface area contributed by atoms with Crippen LogP contribution in [0, 0.1) is 5.92 Å². The van der Waals surface area contributed by atoms with Crippen molar-refractivity contribution in [3.05, 3.63) is 54.6 Å². The van der Waals surface area contributed by atoms with Crippen molar-refractivity contribution in [3.8, 4) is 11.5 Å². The maximum absolute atomic E-state index is 12.3. The van der Waals surface area contributed by atoms with Gasteiger partial charge in [0, 0.05) is 31.7 Å². The van der Waals surface area contributed by atoms with Gasteiger partial charge in [0.2, 0.25) is 11.8 Å². The second kappa shape index (κ2) is 12.6. The molecule has 2 aromatic carbocycles. The molecule has 2 N–H and O–H groups in total. The summed E-state index contributed by atoms with van der Waals surface area (Å²) in [6.45, 7) is 7.08. The summed E-state index contributed by atoms with van der Waals surface area (Å²) in [6, 6.07) is 16.7. The summed E-state index contributed by atoms with van der Waals surface area (Å²) in [5.74, 6) is 1.26. The number of ether oxygens (including phenoxy) is 2. The minimum absolute atomic E-state index is 0.0396. The summed E-state index contributed by atoms with van der Waals surface area (Å²) in [5.41, 5.74) is 0.696. The number of amides is 2. The molecule has 0 saturated heterocycles. The molecule has 162 valence electrons. The number of anilines is 1. The summed E-state index contributed by atoms with van der Waals surface area (Å²) in [5, 5.41) is 5.74. The molecular weight excluding hydrogens is 380 g/mol. The predicted molar refractivity (Wildman–Crippen MR) is 119 cm³/mol. The van der Waals surface area contributed by atoms with E-state index < -0.39 is 0 Å². The molecule has 0 radical (unpaired) electrons. The van der Waals surface area contributed by atoms with Gasteiger partial charge in [-0.1, -0.05) is 25.1 Å². The Balaban J connectivity index is 1.67. The zero-order valence-corrected chi connectivity index (χ0v) is 18.0. The lowest BCUT2D eigenvalue weighted by Crippen LogP contribution is -2.28. The molecule has 2 amide bonds. The fourth-order valence-corrected chi connectivity index (χ4v) is 2.84. The molecule has 30 heavy (non-hydrogen) atoms. The van der Waals surface area contributed by atoms with Crippen LogP contribution >= 0.6 is 0 Å². The van der Waals surface area contributed by atoms with Crippen molar-refractivity contribution in [2.24, 2.45) is 5.92 Å². The van der Waals surface area contributed by atoms with Crippen molar-refractivity contribution < 1.29 is 19.1 Å². The molecule has 1 atom stereocenters. The normalized spacial score (nSPS) is 11.7. The van der Waals surface area contributed by atoms with Gasteiger partial charge in [-0.2, -0.15) is 0 Å². The number of carbonyl (C=O) groups is 2. The molecule has 0 aliphatic carbocycles. The second-order valence-corrected chi connectivity index (χ2v) is 7.62. The summed E-state index contributed by atoms with van der Waals surface area (Å²) in [4.78, 5) is 24.2. The number of rotatable bonds is 12. The molecule has 6 heteroatoms. The van der Waals surface area contributed by atoms with Crippen molar-refractivity contribution in [1.82, 2.24) is 5.32 Å². The Morgan fingerprint density at radius 2 is 1.50 bits per heavy atom. The standard InChI is InChI=1S/C24H32N2O4/c1-18(2)29-15-7-14-25-23(27)16-19(3)17-24(28)26-20-10-12-22(13-11-20)30-21-8-5-4-6-9-21/h4-6,8-13,18-19H,7,14-17H2,1-3H3,(H,25,27)(H,26,28)/t19-/m0/s1. The van der Waals surface area contributed by atoms with E-state index in [4.69, 9.17) is 9.47 Å². The van der Waals surface area contributed by atoms with E-state index in [0.717, 1.165) is 12.2 Å². The zero-order valence-electron chi connectivity index (χ0n) is 18.0. The van der Waals surface area contributed by atoms with E-state index in [1.165, 1.54) is 0 Å². The van der Waals surface area contributed by atoms with Gasteiger partial charge in [0.15, 0.2) is 0 Å². The average Bonchev–Trinajstić information content (AvgIpc) is 2.69. The van der Waals surface area contributed by atoms with E-state index in [-0.39, 0.29) is 30.3 Å². The SMILES string of the molecule is CC(C)OCCCNC(=O)C[C@H](C)CC(=O)Nc1ccc(Oc2ccccc2)cc1. The molecule has 0 spiro atoms. The highest BCUT2D eigenvalue weighted by Gasteiger charge is 2.13. The van der Waals surface area contributed by atoms with Gasteiger partial charge in [0.25, 0.3) is 0 Å². The maximum atomic E-state index is 12.3. The molecule has 0 unspecified atom stereocenters. The lowest BCUT2D eigenvalue weighted by Gasteiger charge is -2.13. The van der Waals surface area contributed by atoms with Crippen LogP contribution in [0.5, 0.6) is 11.5 Å². The quantitative estimate of drug-likeness (QED) is 0.493. The van der Waals surface area contributed by atoms with E-state index >= 15 is 0 Å². The van der Waals surface area contributed by atoms with Crippen LogP contribution in [0.3, 0.4) is 0 Å². The van der Waals surface area contributed by atoms with Crippen molar-refractivity contribution >= 4 is 17.5 Å². The van der Waals surface area contributed by atoms with Crippen LogP contribution in [0.15, 0.2) is 54.6 Å². The Hall–Kier alpha value is -2.86. The lowest BCUT2D eigenvalue weighted by molar-refractivity contribution is -0.122. The Morgan fingerprint density at radius 3 is 2.17 bits per heavy atom. The summed E-state index contributed by atoms with van der Waals surface area (Å²) < 4.78 is 11.2. The van der Waals surface area contributed by atoms with Crippen LogP contribution in [-0.4, -0.2) is 31.1 Å². The molecule has 0 aromatic heterocycles. The van der Waals surface area contributed by atoms with E-state index in [1.807, 2.05) is 63.2 Å². The highest BCUT2D eigenvalue weighted by atomic mass is 16.5. The van der Waals surface area contributed by atoms with E-state index in [0.29, 0.717) is 31.0 Å². The minimum atomic E-state index is -0.114. The fraction of sp³-hybridized carbons (Fsp3) is 0.417. The molecule has 2 aromatic rings. The molecular formula is C24H32N2O4. The Morgan fingerprint density at radius 1 is 0.867 bits per heavy atom. The minimum Gasteiger partial charge on any atom is -0.457 e. The third-order valence-electron chi connectivity index (χ3n) is 4.28. The molecule has 2 rings (SSSR count). The number of hydrogen-bond donors (Lipinski definition) is 2. The van der Waals surface area contributed by atoms with Crippen LogP contribution in [0.1, 0.15) is 40.0 Å². The first-order valence-corrected chi connectivity index (χ1v) is 10.4. The summed E-state index contributed by atoms with van der Waals surface area (Å²) in [7, 11) is 0. The van der Waals surface area contributed by atoms with Crippen LogP contribution in [-0.2, 0) is 14.3 Å². The molecule has 0 bridgehead atoms. The monoisotopic (exact) mass is 412 g/mol. The number of carbonyl (C=O) groups excluding carboxylic acids is 2. The Bertz CT molecular complexity index is 776. The van der Waals surface area contributed by atoms with Gasteiger partial charge >= 0.3 is 0 Å². The third kappa shape index (κ3) is 9.56. The van der Waals surface area contributed by atoms with Gasteiger partial charge in [-0.15, -0.1) is 0 Å². The molecule has 0 heterocycles. The zero-order chi connectivity index (χ0) is 21.8. The number of para-hydroxylation sites is 1. The Kier molecular flexibility index (Phi) is 9.87. The molecule has 6 nitrogen and oxygen atoms in total. The van der Waals surface area contributed by atoms with Gasteiger partial charge in [0.05, 0.1) is 6.10 Å². The maximum Gasteiger partial charge on any atom is 0.224 e. The average molecular weight is 413 g/mol. The first-order chi connectivity index (χ1) is 14.4. The van der Waals surface area contributed by atoms with E-state index in [9.17, 15) is 9.59 Å². The molecule has 0 aliphatic rings. The first-order valence-electron chi connectivity index (χ1n) is 10.4. The lowest BCUT2D eigenvalue weighted by atomic mass is 10.0. The molecule has 0 fully saturated rings. The third-order valence-corrected chi connectivity index (χ3v) is 4.28. The van der Waals surface area contributed by atoms with Gasteiger partial charge in [-0.05, 0) is 62.6 Å². The summed E-state index contributed by atoms with van der Waals surface area (Å²) in [6.07, 6.45) is 1.59.